The number of hydrogen-bond acceptors (Lipinski definition) is 2. The lowest BCUT2D eigenvalue weighted by atomic mass is 9.95. The Hall–Kier alpha value is -1.98. The minimum atomic E-state index is -0.998. The molecule has 1 heterocycles. The first-order valence-corrected chi connectivity index (χ1v) is 7.10. The van der Waals surface area contributed by atoms with E-state index in [4.69, 9.17) is 0 Å². The third-order valence-corrected chi connectivity index (χ3v) is 4.26. The molecule has 0 unspecified atom stereocenters. The van der Waals surface area contributed by atoms with Crippen molar-refractivity contribution < 1.29 is 18.4 Å². The molecule has 6 heteroatoms. The van der Waals surface area contributed by atoms with Crippen molar-refractivity contribution in [3.8, 4) is 0 Å². The fraction of sp³-hybridized carbons (Fsp3) is 0.467. The molecule has 1 aromatic rings. The average molecular weight is 294 g/mol. The van der Waals surface area contributed by atoms with E-state index >= 15 is 0 Å². The molecule has 0 aromatic heterocycles. The molecule has 0 radical (unpaired) electrons. The Labute approximate surface area is 121 Å². The smallest absolute Gasteiger partial charge is 0.252 e. The summed E-state index contributed by atoms with van der Waals surface area (Å²) in [5.74, 6) is -2.23. The predicted molar refractivity (Wildman–Crippen MR) is 72.7 cm³/mol. The molecule has 3 rings (SSSR count). The van der Waals surface area contributed by atoms with Crippen LogP contribution in [0.4, 0.5) is 14.5 Å². The van der Waals surface area contributed by atoms with Crippen molar-refractivity contribution in [2.75, 3.05) is 11.4 Å². The van der Waals surface area contributed by atoms with Gasteiger partial charge in [0.1, 0.15) is 22.9 Å². The van der Waals surface area contributed by atoms with Gasteiger partial charge >= 0.3 is 0 Å². The Morgan fingerprint density at radius 2 is 1.71 bits per heavy atom. The lowest BCUT2D eigenvalue weighted by Crippen LogP contribution is -2.55. The van der Waals surface area contributed by atoms with Crippen LogP contribution >= 0.6 is 0 Å². The summed E-state index contributed by atoms with van der Waals surface area (Å²) >= 11 is 0. The Balaban J connectivity index is 2.05. The van der Waals surface area contributed by atoms with Crippen LogP contribution in [0.1, 0.15) is 32.1 Å². The number of para-hydroxylation sites is 1. The second-order valence-electron chi connectivity index (χ2n) is 5.61. The number of carbonyl (C=O) groups excluding carboxylic acids is 2. The van der Waals surface area contributed by atoms with Crippen LogP contribution in [-0.2, 0) is 9.59 Å². The predicted octanol–water partition coefficient (Wildman–Crippen LogP) is 2.13. The molecule has 112 valence electrons. The first kappa shape index (κ1) is 14.0. The SMILES string of the molecule is O=C1CCN(c2c(F)cccc2F)C(=O)C2(CCCC2)N1. The molecular formula is C15H16F2N2O2. The van der Waals surface area contributed by atoms with E-state index in [9.17, 15) is 18.4 Å². The monoisotopic (exact) mass is 294 g/mol. The molecule has 1 N–H and O–H groups in total. The zero-order valence-electron chi connectivity index (χ0n) is 11.5. The molecule has 4 nitrogen and oxygen atoms in total. The lowest BCUT2D eigenvalue weighted by Gasteiger charge is -2.32. The maximum absolute atomic E-state index is 14.0. The highest BCUT2D eigenvalue weighted by Gasteiger charge is 2.47. The molecule has 1 saturated carbocycles. The van der Waals surface area contributed by atoms with E-state index in [0.717, 1.165) is 29.9 Å². The topological polar surface area (TPSA) is 49.4 Å². The third kappa shape index (κ3) is 2.28. The van der Waals surface area contributed by atoms with Gasteiger partial charge in [0.2, 0.25) is 5.91 Å². The van der Waals surface area contributed by atoms with Crippen molar-refractivity contribution >= 4 is 17.5 Å². The molecule has 2 amide bonds. The van der Waals surface area contributed by atoms with Gasteiger partial charge in [-0.25, -0.2) is 8.78 Å². The molecule has 21 heavy (non-hydrogen) atoms. The highest BCUT2D eigenvalue weighted by atomic mass is 19.1. The van der Waals surface area contributed by atoms with Gasteiger partial charge in [-0.15, -0.1) is 0 Å². The van der Waals surface area contributed by atoms with Gasteiger partial charge in [0.05, 0.1) is 0 Å². The number of nitrogens with one attached hydrogen (secondary N) is 1. The molecular weight excluding hydrogens is 278 g/mol. The van der Waals surface area contributed by atoms with Crippen LogP contribution in [0.5, 0.6) is 0 Å². The first-order valence-electron chi connectivity index (χ1n) is 7.10. The molecule has 2 fully saturated rings. The summed E-state index contributed by atoms with van der Waals surface area (Å²) in [4.78, 5) is 25.7. The van der Waals surface area contributed by atoms with Crippen LogP contribution in [0.15, 0.2) is 18.2 Å². The summed E-state index contributed by atoms with van der Waals surface area (Å²) in [5.41, 5.74) is -1.35. The molecule has 1 aliphatic heterocycles. The van der Waals surface area contributed by atoms with Crippen LogP contribution in [0.2, 0.25) is 0 Å². The zero-order chi connectivity index (χ0) is 15.0. The summed E-state index contributed by atoms with van der Waals surface area (Å²) in [6.07, 6.45) is 2.72. The van der Waals surface area contributed by atoms with E-state index in [1.807, 2.05) is 0 Å². The maximum Gasteiger partial charge on any atom is 0.252 e. The number of anilines is 1. The number of rotatable bonds is 1. The number of hydrogen-bond donors (Lipinski definition) is 1. The van der Waals surface area contributed by atoms with E-state index in [1.165, 1.54) is 6.07 Å². The lowest BCUT2D eigenvalue weighted by molar-refractivity contribution is -0.129. The van der Waals surface area contributed by atoms with E-state index in [0.29, 0.717) is 12.8 Å². The summed E-state index contributed by atoms with van der Waals surface area (Å²) < 4.78 is 27.9. The summed E-state index contributed by atoms with van der Waals surface area (Å²) in [6.45, 7) is -0.00965. The largest absolute Gasteiger partial charge is 0.342 e. The van der Waals surface area contributed by atoms with Crippen LogP contribution < -0.4 is 10.2 Å². The minimum Gasteiger partial charge on any atom is -0.342 e. The highest BCUT2D eigenvalue weighted by Crippen LogP contribution is 2.35. The molecule has 0 atom stereocenters. The fourth-order valence-electron chi connectivity index (χ4n) is 3.23. The normalized spacial score (nSPS) is 21.5. The summed E-state index contributed by atoms with van der Waals surface area (Å²) in [7, 11) is 0. The Kier molecular flexibility index (Phi) is 3.39. The number of nitrogens with zero attached hydrogens (tertiary/aromatic N) is 1. The van der Waals surface area contributed by atoms with Crippen LogP contribution in [-0.4, -0.2) is 23.9 Å². The van der Waals surface area contributed by atoms with Gasteiger partial charge in [-0.3, -0.25) is 9.59 Å². The van der Waals surface area contributed by atoms with Crippen molar-refractivity contribution in [3.05, 3.63) is 29.8 Å². The maximum atomic E-state index is 14.0. The van der Waals surface area contributed by atoms with E-state index in [2.05, 4.69) is 5.32 Å². The third-order valence-electron chi connectivity index (χ3n) is 4.26. The Morgan fingerprint density at radius 1 is 1.10 bits per heavy atom. The molecule has 2 aliphatic rings. The van der Waals surface area contributed by atoms with Gasteiger partial charge in [-0.1, -0.05) is 18.9 Å². The van der Waals surface area contributed by atoms with E-state index < -0.39 is 23.1 Å². The van der Waals surface area contributed by atoms with Crippen molar-refractivity contribution in [2.45, 2.75) is 37.6 Å². The molecule has 1 spiro atoms. The molecule has 1 aliphatic carbocycles. The molecule has 1 aromatic carbocycles. The van der Waals surface area contributed by atoms with Crippen molar-refractivity contribution in [1.82, 2.24) is 5.32 Å². The van der Waals surface area contributed by atoms with Gasteiger partial charge in [-0.2, -0.15) is 0 Å². The Bertz CT molecular complexity index is 577. The van der Waals surface area contributed by atoms with Crippen molar-refractivity contribution in [3.63, 3.8) is 0 Å². The number of halogens is 2. The minimum absolute atomic E-state index is 0.00965. The second-order valence-corrected chi connectivity index (χ2v) is 5.61. The zero-order valence-corrected chi connectivity index (χ0v) is 11.5. The van der Waals surface area contributed by atoms with Crippen molar-refractivity contribution in [2.24, 2.45) is 0 Å². The summed E-state index contributed by atoms with van der Waals surface area (Å²) in [5, 5.41) is 2.77. The van der Waals surface area contributed by atoms with E-state index in [1.54, 1.807) is 0 Å². The fourth-order valence-corrected chi connectivity index (χ4v) is 3.23. The molecule has 1 saturated heterocycles. The summed E-state index contributed by atoms with van der Waals surface area (Å²) in [6, 6.07) is 3.49. The number of amides is 2. The number of benzene rings is 1. The average Bonchev–Trinajstić information content (AvgIpc) is 2.86. The standard InChI is InChI=1S/C15H16F2N2O2/c16-10-4-3-5-11(17)13(10)19-9-6-12(20)18-15(14(19)21)7-1-2-8-15/h3-5H,1-2,6-9H2,(H,18,20). The number of carbonyl (C=O) groups is 2. The van der Waals surface area contributed by atoms with Gasteiger partial charge in [0.25, 0.3) is 5.91 Å². The van der Waals surface area contributed by atoms with Gasteiger partial charge in [0.15, 0.2) is 0 Å². The van der Waals surface area contributed by atoms with Crippen LogP contribution in [0.25, 0.3) is 0 Å². The van der Waals surface area contributed by atoms with Gasteiger partial charge in [0, 0.05) is 13.0 Å². The van der Waals surface area contributed by atoms with Crippen LogP contribution in [0.3, 0.4) is 0 Å². The molecule has 0 bridgehead atoms. The first-order chi connectivity index (χ1) is 10.0. The van der Waals surface area contributed by atoms with E-state index in [-0.39, 0.29) is 24.6 Å². The second kappa shape index (κ2) is 5.09. The van der Waals surface area contributed by atoms with Gasteiger partial charge < -0.3 is 10.2 Å². The quantitative estimate of drug-likeness (QED) is 0.862. The van der Waals surface area contributed by atoms with Crippen LogP contribution in [0, 0.1) is 11.6 Å². The van der Waals surface area contributed by atoms with Crippen molar-refractivity contribution in [1.29, 1.82) is 0 Å². The van der Waals surface area contributed by atoms with Gasteiger partial charge in [-0.05, 0) is 25.0 Å². The Morgan fingerprint density at radius 3 is 2.33 bits per heavy atom. The highest BCUT2D eigenvalue weighted by molar-refractivity contribution is 6.04.